The molecule has 0 radical (unpaired) electrons. The normalized spacial score (nSPS) is 20.0. The largest absolute Gasteiger partial charge is 0.367 e. The van der Waals surface area contributed by atoms with Gasteiger partial charge in [0.25, 0.3) is 0 Å². The minimum Gasteiger partial charge on any atom is -0.367 e. The van der Waals surface area contributed by atoms with E-state index in [0.29, 0.717) is 12.3 Å². The molecule has 0 heterocycles. The second kappa shape index (κ2) is 4.57. The van der Waals surface area contributed by atoms with Crippen LogP contribution in [0.25, 0.3) is 0 Å². The molecule has 0 unspecified atom stereocenters. The number of rotatable bonds is 2. The topological polar surface area (TPSA) is 20.3 Å². The summed E-state index contributed by atoms with van der Waals surface area (Å²) < 4.78 is 0. The highest BCUT2D eigenvalue weighted by molar-refractivity contribution is 5.97. The van der Waals surface area contributed by atoms with Crippen molar-refractivity contribution < 1.29 is 4.79 Å². The van der Waals surface area contributed by atoms with Gasteiger partial charge in [-0.1, -0.05) is 5.92 Å². The summed E-state index contributed by atoms with van der Waals surface area (Å²) in [5, 5.41) is 0. The summed E-state index contributed by atoms with van der Waals surface area (Å²) in [5.41, 5.74) is 3.59. The maximum Gasteiger partial charge on any atom is 0.159 e. The van der Waals surface area contributed by atoms with Gasteiger partial charge in [0.2, 0.25) is 0 Å². The van der Waals surface area contributed by atoms with Crippen LogP contribution in [0.4, 0.5) is 0 Å². The average Bonchev–Trinajstić information content (AvgIpc) is 2.29. The van der Waals surface area contributed by atoms with E-state index in [9.17, 15) is 4.79 Å². The molecule has 0 amide bonds. The van der Waals surface area contributed by atoms with E-state index in [4.69, 9.17) is 6.42 Å². The van der Waals surface area contributed by atoms with Crippen LogP contribution < -0.4 is 0 Å². The zero-order valence-electron chi connectivity index (χ0n) is 9.75. The first kappa shape index (κ1) is 11.0. The third-order valence-corrected chi connectivity index (χ3v) is 3.36. The molecule has 84 valence electrons. The van der Waals surface area contributed by atoms with Gasteiger partial charge < -0.3 is 4.90 Å². The molecule has 0 aromatic heterocycles. The number of terminal acetylenes is 1. The first-order chi connectivity index (χ1) is 7.72. The van der Waals surface area contributed by atoms with Crippen molar-refractivity contribution in [1.82, 2.24) is 4.90 Å². The molecule has 2 aliphatic rings. The van der Waals surface area contributed by atoms with Crippen LogP contribution in [-0.4, -0.2) is 24.3 Å². The van der Waals surface area contributed by atoms with Crippen molar-refractivity contribution >= 4 is 5.78 Å². The van der Waals surface area contributed by atoms with Gasteiger partial charge in [-0.3, -0.25) is 4.79 Å². The molecule has 0 saturated heterocycles. The molecule has 0 spiro atoms. The van der Waals surface area contributed by atoms with Gasteiger partial charge in [0.1, 0.15) is 0 Å². The van der Waals surface area contributed by atoms with E-state index in [0.717, 1.165) is 37.7 Å². The third-order valence-electron chi connectivity index (χ3n) is 3.36. The van der Waals surface area contributed by atoms with Crippen LogP contribution in [0.5, 0.6) is 0 Å². The van der Waals surface area contributed by atoms with E-state index in [2.05, 4.69) is 16.9 Å². The molecule has 0 aliphatic heterocycles. The smallest absolute Gasteiger partial charge is 0.159 e. The van der Waals surface area contributed by atoms with Crippen molar-refractivity contribution in [3.63, 3.8) is 0 Å². The summed E-state index contributed by atoms with van der Waals surface area (Å²) in [7, 11) is 2.02. The summed E-state index contributed by atoms with van der Waals surface area (Å²) in [5.74, 6) is 3.01. The number of hydrogen-bond donors (Lipinski definition) is 0. The van der Waals surface area contributed by atoms with Gasteiger partial charge in [-0.25, -0.2) is 0 Å². The molecular weight excluding hydrogens is 198 g/mol. The van der Waals surface area contributed by atoms with Crippen LogP contribution >= 0.6 is 0 Å². The van der Waals surface area contributed by atoms with Gasteiger partial charge >= 0.3 is 0 Å². The molecular formula is C14H17NO. The van der Waals surface area contributed by atoms with Gasteiger partial charge in [0, 0.05) is 19.2 Å². The number of nitrogens with zero attached hydrogens (tertiary/aromatic N) is 1. The Bertz CT molecular complexity index is 409. The van der Waals surface area contributed by atoms with Crippen LogP contribution in [0.3, 0.4) is 0 Å². The van der Waals surface area contributed by atoms with Crippen LogP contribution in [0.2, 0.25) is 0 Å². The number of ketones is 1. The van der Waals surface area contributed by atoms with Crippen molar-refractivity contribution in [1.29, 1.82) is 0 Å². The first-order valence-electron chi connectivity index (χ1n) is 5.82. The predicted octanol–water partition coefficient (Wildman–Crippen LogP) is 2.28. The van der Waals surface area contributed by atoms with Crippen LogP contribution in [0.15, 0.2) is 22.9 Å². The number of carbonyl (C=O) groups is 1. The molecule has 0 aromatic carbocycles. The highest BCUT2D eigenvalue weighted by Crippen LogP contribution is 2.33. The molecule has 0 aromatic rings. The average molecular weight is 215 g/mol. The van der Waals surface area contributed by atoms with E-state index < -0.39 is 0 Å². The Morgan fingerprint density at radius 3 is 2.94 bits per heavy atom. The summed E-state index contributed by atoms with van der Waals surface area (Å²) in [6, 6.07) is 0. The third kappa shape index (κ3) is 2.04. The monoisotopic (exact) mass is 215 g/mol. The molecule has 16 heavy (non-hydrogen) atoms. The van der Waals surface area contributed by atoms with Crippen molar-refractivity contribution in [2.24, 2.45) is 0 Å². The Balaban J connectivity index is 2.21. The lowest BCUT2D eigenvalue weighted by molar-refractivity contribution is -0.116. The SMILES string of the molecule is C#CCN(C)C1=CC2=C(CC1)C(=O)CCC2. The maximum absolute atomic E-state index is 11.7. The molecule has 0 N–H and O–H groups in total. The van der Waals surface area contributed by atoms with Gasteiger partial charge in [-0.15, -0.1) is 6.42 Å². The second-order valence-electron chi connectivity index (χ2n) is 4.48. The van der Waals surface area contributed by atoms with E-state index in [1.165, 1.54) is 11.3 Å². The molecule has 2 nitrogen and oxygen atoms in total. The predicted molar refractivity (Wildman–Crippen MR) is 64.7 cm³/mol. The Hall–Kier alpha value is -1.49. The summed E-state index contributed by atoms with van der Waals surface area (Å²) in [6.07, 6.45) is 12.1. The summed E-state index contributed by atoms with van der Waals surface area (Å²) in [4.78, 5) is 13.8. The Morgan fingerprint density at radius 1 is 1.38 bits per heavy atom. The van der Waals surface area contributed by atoms with Gasteiger partial charge in [-0.05, 0) is 42.9 Å². The summed E-state index contributed by atoms with van der Waals surface area (Å²) >= 11 is 0. The maximum atomic E-state index is 11.7. The molecule has 2 aliphatic carbocycles. The van der Waals surface area contributed by atoms with E-state index in [1.54, 1.807) is 0 Å². The van der Waals surface area contributed by atoms with Crippen LogP contribution in [0.1, 0.15) is 32.1 Å². The lowest BCUT2D eigenvalue weighted by atomic mass is 9.84. The number of hydrogen-bond acceptors (Lipinski definition) is 2. The molecule has 0 atom stereocenters. The molecule has 2 rings (SSSR count). The van der Waals surface area contributed by atoms with Gasteiger partial charge in [0.05, 0.1) is 6.54 Å². The minimum atomic E-state index is 0.358. The Kier molecular flexibility index (Phi) is 3.14. The van der Waals surface area contributed by atoms with Crippen LogP contribution in [0, 0.1) is 12.3 Å². The standard InChI is InChI=1S/C14H17NO/c1-3-9-15(2)12-7-8-13-11(10-12)5-4-6-14(13)16/h1,10H,4-9H2,2H3. The lowest BCUT2D eigenvalue weighted by Gasteiger charge is -2.27. The lowest BCUT2D eigenvalue weighted by Crippen LogP contribution is -2.22. The Labute approximate surface area is 97.0 Å². The fourth-order valence-corrected chi connectivity index (χ4v) is 2.45. The fourth-order valence-electron chi connectivity index (χ4n) is 2.45. The van der Waals surface area contributed by atoms with E-state index in [-0.39, 0.29) is 0 Å². The zero-order valence-corrected chi connectivity index (χ0v) is 9.75. The quantitative estimate of drug-likeness (QED) is 0.659. The van der Waals surface area contributed by atoms with Crippen molar-refractivity contribution in [3.05, 3.63) is 22.9 Å². The molecule has 0 saturated carbocycles. The number of allylic oxidation sites excluding steroid dienone is 4. The number of carbonyl (C=O) groups excluding carboxylic acids is 1. The summed E-state index contributed by atoms with van der Waals surface area (Å²) in [6.45, 7) is 0.641. The Morgan fingerprint density at radius 2 is 2.19 bits per heavy atom. The first-order valence-corrected chi connectivity index (χ1v) is 5.82. The van der Waals surface area contributed by atoms with Gasteiger partial charge in [-0.2, -0.15) is 0 Å². The minimum absolute atomic E-state index is 0.358. The van der Waals surface area contributed by atoms with Crippen molar-refractivity contribution in [2.45, 2.75) is 32.1 Å². The van der Waals surface area contributed by atoms with Gasteiger partial charge in [0.15, 0.2) is 5.78 Å². The van der Waals surface area contributed by atoms with E-state index in [1.807, 2.05) is 7.05 Å². The van der Waals surface area contributed by atoms with Crippen LogP contribution in [-0.2, 0) is 4.79 Å². The fraction of sp³-hybridized carbons (Fsp3) is 0.500. The second-order valence-corrected chi connectivity index (χ2v) is 4.48. The van der Waals surface area contributed by atoms with Crippen molar-refractivity contribution in [2.75, 3.05) is 13.6 Å². The highest BCUT2D eigenvalue weighted by Gasteiger charge is 2.23. The highest BCUT2D eigenvalue weighted by atomic mass is 16.1. The van der Waals surface area contributed by atoms with E-state index >= 15 is 0 Å². The number of Topliss-reactive ketones (excluding diaryl/α,β-unsaturated/α-hetero) is 1. The van der Waals surface area contributed by atoms with Crippen molar-refractivity contribution in [3.8, 4) is 12.3 Å². The molecule has 0 fully saturated rings. The molecule has 0 bridgehead atoms. The molecule has 2 heteroatoms. The zero-order chi connectivity index (χ0) is 11.5.